The van der Waals surface area contributed by atoms with Crippen LogP contribution in [0.15, 0.2) is 28.9 Å². The van der Waals surface area contributed by atoms with Gasteiger partial charge in [0, 0.05) is 31.9 Å². The van der Waals surface area contributed by atoms with E-state index < -0.39 is 0 Å². The van der Waals surface area contributed by atoms with E-state index in [0.717, 1.165) is 24.9 Å². The summed E-state index contributed by atoms with van der Waals surface area (Å²) in [5, 5.41) is 0. The number of ether oxygens (including phenoxy) is 1. The molecule has 1 aliphatic heterocycles. The molecule has 24 heavy (non-hydrogen) atoms. The summed E-state index contributed by atoms with van der Waals surface area (Å²) >= 11 is 0. The first-order chi connectivity index (χ1) is 11.7. The van der Waals surface area contributed by atoms with Crippen molar-refractivity contribution in [3.05, 3.63) is 47.4 Å². The molecule has 128 valence electrons. The zero-order chi connectivity index (χ0) is 16.9. The molecular formula is C18H23N3O3. The molecule has 1 amide bonds. The van der Waals surface area contributed by atoms with Gasteiger partial charge in [-0.25, -0.2) is 4.98 Å². The van der Waals surface area contributed by atoms with Crippen LogP contribution in [0.5, 0.6) is 0 Å². The van der Waals surface area contributed by atoms with E-state index in [9.17, 15) is 4.79 Å². The molecule has 6 nitrogen and oxygen atoms in total. The Morgan fingerprint density at radius 2 is 2.38 bits per heavy atom. The smallest absolute Gasteiger partial charge is 0.291 e. The predicted octanol–water partition coefficient (Wildman–Crippen LogP) is 2.76. The van der Waals surface area contributed by atoms with Gasteiger partial charge in [-0.05, 0) is 31.4 Å². The summed E-state index contributed by atoms with van der Waals surface area (Å²) in [6.45, 7) is 5.61. The number of hydrogen-bond donors (Lipinski definition) is 0. The second kappa shape index (κ2) is 7.57. The number of amides is 1. The molecular weight excluding hydrogens is 306 g/mol. The summed E-state index contributed by atoms with van der Waals surface area (Å²) in [7, 11) is 0. The molecule has 1 atom stereocenters. The third kappa shape index (κ3) is 3.82. The Hall–Kier alpha value is -2.21. The van der Waals surface area contributed by atoms with E-state index in [1.165, 1.54) is 0 Å². The first kappa shape index (κ1) is 16.6. The molecule has 1 aliphatic rings. The van der Waals surface area contributed by atoms with Crippen molar-refractivity contribution in [2.24, 2.45) is 0 Å². The number of aromatic nitrogens is 2. The Morgan fingerprint density at radius 3 is 3.08 bits per heavy atom. The van der Waals surface area contributed by atoms with Crippen LogP contribution in [0, 0.1) is 6.92 Å². The van der Waals surface area contributed by atoms with Crippen LogP contribution in [-0.4, -0.2) is 40.0 Å². The molecule has 0 saturated carbocycles. The van der Waals surface area contributed by atoms with Gasteiger partial charge in [-0.15, -0.1) is 0 Å². The van der Waals surface area contributed by atoms with Gasteiger partial charge in [0.1, 0.15) is 0 Å². The summed E-state index contributed by atoms with van der Waals surface area (Å²) in [5.41, 5.74) is 1.70. The van der Waals surface area contributed by atoms with E-state index in [1.54, 1.807) is 12.4 Å². The van der Waals surface area contributed by atoms with Crippen LogP contribution < -0.4 is 0 Å². The molecule has 1 fully saturated rings. The Bertz CT molecular complexity index is 684. The molecule has 6 heteroatoms. The number of aryl methyl sites for hydroxylation is 2. The zero-order valence-electron chi connectivity index (χ0n) is 14.2. The number of likely N-dealkylation sites (tertiary alicyclic amines) is 1. The summed E-state index contributed by atoms with van der Waals surface area (Å²) in [6.07, 6.45) is 6.16. The van der Waals surface area contributed by atoms with Crippen LogP contribution in [0.2, 0.25) is 0 Å². The third-order valence-corrected chi connectivity index (χ3v) is 4.21. The van der Waals surface area contributed by atoms with Crippen LogP contribution in [0.1, 0.15) is 47.5 Å². The highest BCUT2D eigenvalue weighted by molar-refractivity contribution is 5.92. The van der Waals surface area contributed by atoms with Crippen LogP contribution in [-0.2, 0) is 17.8 Å². The van der Waals surface area contributed by atoms with Gasteiger partial charge in [0.25, 0.3) is 5.91 Å². The monoisotopic (exact) mass is 329 g/mol. The van der Waals surface area contributed by atoms with E-state index >= 15 is 0 Å². The first-order valence-corrected chi connectivity index (χ1v) is 8.43. The topological polar surface area (TPSA) is 68.5 Å². The van der Waals surface area contributed by atoms with Crippen LogP contribution in [0.3, 0.4) is 0 Å². The summed E-state index contributed by atoms with van der Waals surface area (Å²) in [4.78, 5) is 22.9. The quantitative estimate of drug-likeness (QED) is 0.844. The van der Waals surface area contributed by atoms with Crippen molar-refractivity contribution in [1.29, 1.82) is 0 Å². The van der Waals surface area contributed by atoms with Gasteiger partial charge in [-0.3, -0.25) is 9.78 Å². The van der Waals surface area contributed by atoms with Crippen molar-refractivity contribution in [3.8, 4) is 0 Å². The minimum atomic E-state index is -0.0885. The minimum absolute atomic E-state index is 0.0387. The maximum atomic E-state index is 12.7. The number of nitrogens with zero attached hydrogens (tertiary/aromatic N) is 3. The van der Waals surface area contributed by atoms with Crippen LogP contribution >= 0.6 is 0 Å². The lowest BCUT2D eigenvalue weighted by Crippen LogP contribution is -2.43. The van der Waals surface area contributed by atoms with Gasteiger partial charge in [-0.1, -0.05) is 13.0 Å². The number of hydrogen-bond acceptors (Lipinski definition) is 5. The number of pyridine rings is 1. The molecule has 0 aromatic carbocycles. The summed E-state index contributed by atoms with van der Waals surface area (Å²) in [6, 6.07) is 3.89. The average Bonchev–Trinajstić information content (AvgIpc) is 3.01. The molecule has 3 rings (SSSR count). The number of carbonyl (C=O) groups excluding carboxylic acids is 1. The van der Waals surface area contributed by atoms with E-state index in [1.807, 2.05) is 30.9 Å². The van der Waals surface area contributed by atoms with Crippen molar-refractivity contribution >= 4 is 5.91 Å². The maximum absolute atomic E-state index is 12.7. The molecule has 0 aliphatic carbocycles. The Labute approximate surface area is 141 Å². The SMILES string of the molecule is CCc1nc(C)c(C(=O)N2CCCC(OCc3cccnc3)C2)o1. The second-order valence-electron chi connectivity index (χ2n) is 6.06. The fourth-order valence-corrected chi connectivity index (χ4v) is 2.90. The normalized spacial score (nSPS) is 17.9. The van der Waals surface area contributed by atoms with E-state index in [2.05, 4.69) is 9.97 Å². The molecule has 2 aromatic rings. The van der Waals surface area contributed by atoms with E-state index in [4.69, 9.17) is 9.15 Å². The minimum Gasteiger partial charge on any atom is -0.435 e. The van der Waals surface area contributed by atoms with Gasteiger partial charge in [-0.2, -0.15) is 0 Å². The molecule has 0 bridgehead atoms. The van der Waals surface area contributed by atoms with Gasteiger partial charge in [0.2, 0.25) is 5.76 Å². The number of carbonyl (C=O) groups is 1. The lowest BCUT2D eigenvalue weighted by Gasteiger charge is -2.32. The van der Waals surface area contributed by atoms with Gasteiger partial charge < -0.3 is 14.1 Å². The van der Waals surface area contributed by atoms with Gasteiger partial charge in [0.05, 0.1) is 18.4 Å². The number of rotatable bonds is 5. The average molecular weight is 329 g/mol. The maximum Gasteiger partial charge on any atom is 0.291 e. The Morgan fingerprint density at radius 1 is 1.50 bits per heavy atom. The van der Waals surface area contributed by atoms with Gasteiger partial charge >= 0.3 is 0 Å². The lowest BCUT2D eigenvalue weighted by atomic mass is 10.1. The molecule has 0 radical (unpaired) electrons. The van der Waals surface area contributed by atoms with E-state index in [-0.39, 0.29) is 12.0 Å². The van der Waals surface area contributed by atoms with E-state index in [0.29, 0.717) is 36.9 Å². The zero-order valence-corrected chi connectivity index (χ0v) is 14.2. The van der Waals surface area contributed by atoms with Crippen molar-refractivity contribution in [1.82, 2.24) is 14.9 Å². The largest absolute Gasteiger partial charge is 0.435 e. The van der Waals surface area contributed by atoms with Crippen LogP contribution in [0.25, 0.3) is 0 Å². The number of piperidine rings is 1. The molecule has 1 saturated heterocycles. The predicted molar refractivity (Wildman–Crippen MR) is 88.6 cm³/mol. The lowest BCUT2D eigenvalue weighted by molar-refractivity contribution is -0.00768. The molecule has 0 N–H and O–H groups in total. The second-order valence-corrected chi connectivity index (χ2v) is 6.06. The highest BCUT2D eigenvalue weighted by Gasteiger charge is 2.28. The first-order valence-electron chi connectivity index (χ1n) is 8.43. The van der Waals surface area contributed by atoms with Gasteiger partial charge in [0.15, 0.2) is 5.89 Å². The van der Waals surface area contributed by atoms with Crippen molar-refractivity contribution in [3.63, 3.8) is 0 Å². The summed E-state index contributed by atoms with van der Waals surface area (Å²) in [5.74, 6) is 0.881. The van der Waals surface area contributed by atoms with Crippen LogP contribution in [0.4, 0.5) is 0 Å². The Kier molecular flexibility index (Phi) is 5.25. The third-order valence-electron chi connectivity index (χ3n) is 4.21. The highest BCUT2D eigenvalue weighted by Crippen LogP contribution is 2.19. The summed E-state index contributed by atoms with van der Waals surface area (Å²) < 4.78 is 11.6. The molecule has 2 aromatic heterocycles. The highest BCUT2D eigenvalue weighted by atomic mass is 16.5. The number of oxazole rings is 1. The Balaban J connectivity index is 1.60. The van der Waals surface area contributed by atoms with Crippen molar-refractivity contribution in [2.45, 2.75) is 45.8 Å². The molecule has 1 unspecified atom stereocenters. The standard InChI is InChI=1S/C18H23N3O3/c1-3-16-20-13(2)17(24-16)18(22)21-9-5-7-15(11-21)23-12-14-6-4-8-19-10-14/h4,6,8,10,15H,3,5,7,9,11-12H2,1-2H3. The van der Waals surface area contributed by atoms with Crippen molar-refractivity contribution in [2.75, 3.05) is 13.1 Å². The fraction of sp³-hybridized carbons (Fsp3) is 0.500. The molecule has 3 heterocycles. The molecule has 0 spiro atoms. The fourth-order valence-electron chi connectivity index (χ4n) is 2.90. The van der Waals surface area contributed by atoms with Crippen molar-refractivity contribution < 1.29 is 13.9 Å².